The summed E-state index contributed by atoms with van der Waals surface area (Å²) in [5, 5.41) is 0. The Balaban J connectivity index is 0.00000161. The highest BCUT2D eigenvalue weighted by Crippen LogP contribution is 2.31. The molecule has 2 fully saturated rings. The molecule has 0 aromatic heterocycles. The van der Waals surface area contributed by atoms with Crippen molar-refractivity contribution in [3.05, 3.63) is 35.9 Å². The predicted octanol–water partition coefficient (Wildman–Crippen LogP) is 2.94. The summed E-state index contributed by atoms with van der Waals surface area (Å²) in [4.78, 5) is 14.6. The van der Waals surface area contributed by atoms with Gasteiger partial charge >= 0.3 is 0 Å². The maximum atomic E-state index is 12.6. The minimum atomic E-state index is 0. The van der Waals surface area contributed by atoms with E-state index in [9.17, 15) is 4.79 Å². The van der Waals surface area contributed by atoms with Crippen molar-refractivity contribution in [2.75, 3.05) is 13.1 Å². The first-order chi connectivity index (χ1) is 9.75. The standard InChI is InChI=1S/C17H24N2O.ClH/c18-16-12-19(17(20)14-9-5-2-6-10-14)11-15(16)13-7-3-1-4-8-13;/h1,3-4,7-8,14-16H,2,5-6,9-12,18H2;1H/t15-,16+;/m0./s1. The Morgan fingerprint density at radius 1 is 1.05 bits per heavy atom. The van der Waals surface area contributed by atoms with Gasteiger partial charge in [0.1, 0.15) is 0 Å². The van der Waals surface area contributed by atoms with Gasteiger partial charge in [0.2, 0.25) is 5.91 Å². The number of amides is 1. The molecule has 4 heteroatoms. The fourth-order valence-corrected chi connectivity index (χ4v) is 3.67. The lowest BCUT2D eigenvalue weighted by molar-refractivity contribution is -0.135. The molecule has 1 saturated heterocycles. The van der Waals surface area contributed by atoms with Crippen LogP contribution in [0.4, 0.5) is 0 Å². The van der Waals surface area contributed by atoms with Crippen molar-refractivity contribution in [1.29, 1.82) is 0 Å². The molecule has 0 unspecified atom stereocenters. The minimum Gasteiger partial charge on any atom is -0.340 e. The number of carbonyl (C=O) groups excluding carboxylic acids is 1. The van der Waals surface area contributed by atoms with Crippen molar-refractivity contribution in [3.63, 3.8) is 0 Å². The third-order valence-corrected chi connectivity index (χ3v) is 4.86. The van der Waals surface area contributed by atoms with Gasteiger partial charge in [0.15, 0.2) is 0 Å². The zero-order valence-electron chi connectivity index (χ0n) is 12.4. The summed E-state index contributed by atoms with van der Waals surface area (Å²) in [7, 11) is 0. The highest BCUT2D eigenvalue weighted by molar-refractivity contribution is 5.85. The lowest BCUT2D eigenvalue weighted by atomic mass is 9.88. The van der Waals surface area contributed by atoms with E-state index in [1.54, 1.807) is 0 Å². The molecule has 1 aliphatic heterocycles. The second kappa shape index (κ2) is 7.28. The summed E-state index contributed by atoms with van der Waals surface area (Å²) in [6.07, 6.45) is 5.84. The molecule has 1 aromatic rings. The first-order valence-electron chi connectivity index (χ1n) is 7.85. The third kappa shape index (κ3) is 3.58. The lowest BCUT2D eigenvalue weighted by Gasteiger charge is -2.26. The van der Waals surface area contributed by atoms with Crippen LogP contribution in [0, 0.1) is 5.92 Å². The van der Waals surface area contributed by atoms with E-state index >= 15 is 0 Å². The van der Waals surface area contributed by atoms with E-state index in [1.807, 2.05) is 23.1 Å². The molecule has 1 heterocycles. The van der Waals surface area contributed by atoms with Crippen LogP contribution in [0.2, 0.25) is 0 Å². The van der Waals surface area contributed by atoms with E-state index in [4.69, 9.17) is 5.73 Å². The molecule has 3 rings (SSSR count). The first-order valence-corrected chi connectivity index (χ1v) is 7.85. The van der Waals surface area contributed by atoms with Gasteiger partial charge in [0.25, 0.3) is 0 Å². The van der Waals surface area contributed by atoms with Gasteiger partial charge in [-0.1, -0.05) is 49.6 Å². The Bertz CT molecular complexity index is 459. The van der Waals surface area contributed by atoms with Gasteiger partial charge in [-0.2, -0.15) is 0 Å². The molecule has 1 amide bonds. The molecule has 3 nitrogen and oxygen atoms in total. The second-order valence-electron chi connectivity index (χ2n) is 6.26. The van der Waals surface area contributed by atoms with Crippen molar-refractivity contribution in [1.82, 2.24) is 4.90 Å². The molecule has 2 atom stereocenters. The number of benzene rings is 1. The molecule has 1 saturated carbocycles. The minimum absolute atomic E-state index is 0. The molecule has 0 radical (unpaired) electrons. The normalized spacial score (nSPS) is 26.4. The monoisotopic (exact) mass is 308 g/mol. The van der Waals surface area contributed by atoms with Gasteiger partial charge in [-0.15, -0.1) is 12.4 Å². The third-order valence-electron chi connectivity index (χ3n) is 4.86. The molecular formula is C17H25ClN2O. The quantitative estimate of drug-likeness (QED) is 0.913. The van der Waals surface area contributed by atoms with Crippen LogP contribution in [-0.4, -0.2) is 29.9 Å². The van der Waals surface area contributed by atoms with Crippen molar-refractivity contribution in [2.24, 2.45) is 11.7 Å². The fraction of sp³-hybridized carbons (Fsp3) is 0.588. The number of hydrogen-bond donors (Lipinski definition) is 1. The predicted molar refractivity (Wildman–Crippen MR) is 87.6 cm³/mol. The average Bonchev–Trinajstić information content (AvgIpc) is 2.90. The van der Waals surface area contributed by atoms with Gasteiger partial charge in [-0.25, -0.2) is 0 Å². The summed E-state index contributed by atoms with van der Waals surface area (Å²) in [5.74, 6) is 0.896. The topological polar surface area (TPSA) is 46.3 Å². The van der Waals surface area contributed by atoms with Gasteiger partial charge in [0, 0.05) is 31.0 Å². The number of hydrogen-bond acceptors (Lipinski definition) is 2. The lowest BCUT2D eigenvalue weighted by Crippen LogP contribution is -2.37. The molecule has 0 bridgehead atoms. The summed E-state index contributed by atoms with van der Waals surface area (Å²) in [6.45, 7) is 1.51. The fourth-order valence-electron chi connectivity index (χ4n) is 3.67. The Hall–Kier alpha value is -1.06. The first kappa shape index (κ1) is 16.3. The van der Waals surface area contributed by atoms with Crippen LogP contribution in [-0.2, 0) is 4.79 Å². The molecular weight excluding hydrogens is 284 g/mol. The largest absolute Gasteiger partial charge is 0.340 e. The van der Waals surface area contributed by atoms with Gasteiger partial charge in [0.05, 0.1) is 0 Å². The van der Waals surface area contributed by atoms with Crippen molar-refractivity contribution in [3.8, 4) is 0 Å². The highest BCUT2D eigenvalue weighted by atomic mass is 35.5. The molecule has 2 aliphatic rings. The van der Waals surface area contributed by atoms with Crippen LogP contribution in [0.1, 0.15) is 43.6 Å². The van der Waals surface area contributed by atoms with E-state index in [2.05, 4.69) is 12.1 Å². The number of nitrogens with zero attached hydrogens (tertiary/aromatic N) is 1. The summed E-state index contributed by atoms with van der Waals surface area (Å²) < 4.78 is 0. The van der Waals surface area contributed by atoms with Crippen LogP contribution in [0.25, 0.3) is 0 Å². The van der Waals surface area contributed by atoms with Gasteiger partial charge < -0.3 is 10.6 Å². The number of halogens is 1. The zero-order chi connectivity index (χ0) is 13.9. The Labute approximate surface area is 133 Å². The van der Waals surface area contributed by atoms with Crippen molar-refractivity contribution >= 4 is 18.3 Å². The molecule has 1 aliphatic carbocycles. The van der Waals surface area contributed by atoms with Crippen molar-refractivity contribution in [2.45, 2.75) is 44.1 Å². The number of likely N-dealkylation sites (tertiary alicyclic amines) is 1. The summed E-state index contributed by atoms with van der Waals surface area (Å²) in [6, 6.07) is 10.4. The Morgan fingerprint density at radius 3 is 2.38 bits per heavy atom. The Kier molecular flexibility index (Phi) is 5.65. The summed E-state index contributed by atoms with van der Waals surface area (Å²) in [5.41, 5.74) is 7.54. The van der Waals surface area contributed by atoms with E-state index in [0.717, 1.165) is 25.9 Å². The van der Waals surface area contributed by atoms with E-state index < -0.39 is 0 Å². The zero-order valence-corrected chi connectivity index (χ0v) is 13.2. The summed E-state index contributed by atoms with van der Waals surface area (Å²) >= 11 is 0. The SMILES string of the molecule is Cl.N[C@@H]1CN(C(=O)C2CCCCC2)C[C@H]1c1ccccc1. The highest BCUT2D eigenvalue weighted by Gasteiger charge is 2.36. The average molecular weight is 309 g/mol. The van der Waals surface area contributed by atoms with Crippen LogP contribution in [0.3, 0.4) is 0 Å². The van der Waals surface area contributed by atoms with Crippen LogP contribution < -0.4 is 5.73 Å². The van der Waals surface area contributed by atoms with Crippen LogP contribution >= 0.6 is 12.4 Å². The van der Waals surface area contributed by atoms with E-state index in [1.165, 1.54) is 24.8 Å². The van der Waals surface area contributed by atoms with Gasteiger partial charge in [-0.05, 0) is 18.4 Å². The molecule has 0 spiro atoms. The number of rotatable bonds is 2. The molecule has 116 valence electrons. The van der Waals surface area contributed by atoms with Crippen LogP contribution in [0.15, 0.2) is 30.3 Å². The maximum Gasteiger partial charge on any atom is 0.225 e. The number of nitrogens with two attached hydrogens (primary N) is 1. The van der Waals surface area contributed by atoms with E-state index in [0.29, 0.717) is 11.8 Å². The Morgan fingerprint density at radius 2 is 1.71 bits per heavy atom. The van der Waals surface area contributed by atoms with Crippen LogP contribution in [0.5, 0.6) is 0 Å². The molecule has 21 heavy (non-hydrogen) atoms. The maximum absolute atomic E-state index is 12.6. The van der Waals surface area contributed by atoms with Gasteiger partial charge in [-0.3, -0.25) is 4.79 Å². The van der Waals surface area contributed by atoms with Crippen molar-refractivity contribution < 1.29 is 4.79 Å². The second-order valence-corrected chi connectivity index (χ2v) is 6.26. The smallest absolute Gasteiger partial charge is 0.225 e. The van der Waals surface area contributed by atoms with E-state index in [-0.39, 0.29) is 24.4 Å². The molecule has 1 aromatic carbocycles. The number of carbonyl (C=O) groups is 1. The molecule has 2 N–H and O–H groups in total.